The van der Waals surface area contributed by atoms with E-state index in [2.05, 4.69) is 5.32 Å². The molecule has 1 atom stereocenters. The van der Waals surface area contributed by atoms with E-state index in [0.717, 1.165) is 11.1 Å². The molecular weight excluding hydrogens is 265 g/mol. The van der Waals surface area contributed by atoms with E-state index in [1.165, 1.54) is 12.1 Å². The Labute approximate surface area is 117 Å². The SMILES string of the molecule is CNC(c1cccc(F)c1)c1ccc(OC)cc1Cl. The van der Waals surface area contributed by atoms with E-state index in [1.54, 1.807) is 19.2 Å². The Morgan fingerprint density at radius 3 is 2.58 bits per heavy atom. The largest absolute Gasteiger partial charge is 0.497 e. The molecule has 0 aliphatic rings. The van der Waals surface area contributed by atoms with Gasteiger partial charge in [0.2, 0.25) is 0 Å². The van der Waals surface area contributed by atoms with Crippen LogP contribution in [0.4, 0.5) is 4.39 Å². The number of halogens is 2. The van der Waals surface area contributed by atoms with E-state index in [-0.39, 0.29) is 11.9 Å². The lowest BCUT2D eigenvalue weighted by Crippen LogP contribution is -2.18. The molecular formula is C15H15ClFNO. The molecule has 0 radical (unpaired) electrons. The van der Waals surface area contributed by atoms with E-state index >= 15 is 0 Å². The Kier molecular flexibility index (Phi) is 4.40. The first-order valence-electron chi connectivity index (χ1n) is 5.92. The molecule has 1 unspecified atom stereocenters. The molecule has 4 heteroatoms. The van der Waals surface area contributed by atoms with Crippen LogP contribution in [0, 0.1) is 5.82 Å². The summed E-state index contributed by atoms with van der Waals surface area (Å²) in [6.45, 7) is 0. The minimum Gasteiger partial charge on any atom is -0.497 e. The molecule has 0 aliphatic carbocycles. The molecule has 1 N–H and O–H groups in total. The Hall–Kier alpha value is -1.58. The number of hydrogen-bond donors (Lipinski definition) is 1. The average Bonchev–Trinajstić information content (AvgIpc) is 2.41. The first-order valence-corrected chi connectivity index (χ1v) is 6.29. The maximum absolute atomic E-state index is 13.3. The van der Waals surface area contributed by atoms with Crippen LogP contribution in [0.1, 0.15) is 17.2 Å². The van der Waals surface area contributed by atoms with Crippen molar-refractivity contribution in [1.82, 2.24) is 5.32 Å². The van der Waals surface area contributed by atoms with Crippen molar-refractivity contribution in [3.05, 3.63) is 64.4 Å². The lowest BCUT2D eigenvalue weighted by Gasteiger charge is -2.19. The summed E-state index contributed by atoms with van der Waals surface area (Å²) in [5.41, 5.74) is 1.71. The molecule has 0 amide bonds. The monoisotopic (exact) mass is 279 g/mol. The van der Waals surface area contributed by atoms with Gasteiger partial charge in [0.15, 0.2) is 0 Å². The number of nitrogens with one attached hydrogen (secondary N) is 1. The van der Waals surface area contributed by atoms with E-state index < -0.39 is 0 Å². The van der Waals surface area contributed by atoms with Crippen molar-refractivity contribution in [2.45, 2.75) is 6.04 Å². The van der Waals surface area contributed by atoms with E-state index in [4.69, 9.17) is 16.3 Å². The first-order chi connectivity index (χ1) is 9.15. The third kappa shape index (κ3) is 3.06. The molecule has 19 heavy (non-hydrogen) atoms. The summed E-state index contributed by atoms with van der Waals surface area (Å²) in [6, 6.07) is 11.8. The first kappa shape index (κ1) is 13.8. The summed E-state index contributed by atoms with van der Waals surface area (Å²) in [5, 5.41) is 3.73. The van der Waals surface area contributed by atoms with E-state index in [9.17, 15) is 4.39 Å². The molecule has 0 aliphatic heterocycles. The van der Waals surface area contributed by atoms with Gasteiger partial charge in [-0.3, -0.25) is 0 Å². The van der Waals surface area contributed by atoms with Gasteiger partial charge in [0.1, 0.15) is 11.6 Å². The van der Waals surface area contributed by atoms with Gasteiger partial charge in [-0.25, -0.2) is 4.39 Å². The number of hydrogen-bond acceptors (Lipinski definition) is 2. The highest BCUT2D eigenvalue weighted by Crippen LogP contribution is 2.31. The van der Waals surface area contributed by atoms with Crippen LogP contribution in [0.25, 0.3) is 0 Å². The van der Waals surface area contributed by atoms with Crippen molar-refractivity contribution in [3.8, 4) is 5.75 Å². The van der Waals surface area contributed by atoms with Crippen LogP contribution in [0.3, 0.4) is 0 Å². The lowest BCUT2D eigenvalue weighted by molar-refractivity contribution is 0.414. The topological polar surface area (TPSA) is 21.3 Å². The van der Waals surface area contributed by atoms with Crippen molar-refractivity contribution in [1.29, 1.82) is 0 Å². The molecule has 0 spiro atoms. The Bertz CT molecular complexity index is 574. The molecule has 0 heterocycles. The summed E-state index contributed by atoms with van der Waals surface area (Å²) >= 11 is 6.26. The highest BCUT2D eigenvalue weighted by molar-refractivity contribution is 6.31. The number of methoxy groups -OCH3 is 1. The van der Waals surface area contributed by atoms with Crippen LogP contribution < -0.4 is 10.1 Å². The molecule has 2 aromatic carbocycles. The van der Waals surface area contributed by atoms with Crippen molar-refractivity contribution < 1.29 is 9.13 Å². The quantitative estimate of drug-likeness (QED) is 0.919. The van der Waals surface area contributed by atoms with Crippen LogP contribution in [0.2, 0.25) is 5.02 Å². The lowest BCUT2D eigenvalue weighted by atomic mass is 9.98. The zero-order valence-corrected chi connectivity index (χ0v) is 11.5. The van der Waals surface area contributed by atoms with E-state index in [1.807, 2.05) is 25.2 Å². The van der Waals surface area contributed by atoms with Gasteiger partial charge in [-0.2, -0.15) is 0 Å². The summed E-state index contributed by atoms with van der Waals surface area (Å²) < 4.78 is 18.4. The summed E-state index contributed by atoms with van der Waals surface area (Å²) in [5.74, 6) is 0.435. The average molecular weight is 280 g/mol. The standard InChI is InChI=1S/C15H15ClFNO/c1-18-15(10-4-3-5-11(17)8-10)13-7-6-12(19-2)9-14(13)16/h3-9,15,18H,1-2H3. The smallest absolute Gasteiger partial charge is 0.123 e. The van der Waals surface area contributed by atoms with Gasteiger partial charge >= 0.3 is 0 Å². The van der Waals surface area contributed by atoms with Gasteiger partial charge in [0, 0.05) is 5.02 Å². The van der Waals surface area contributed by atoms with Crippen molar-refractivity contribution in [2.24, 2.45) is 0 Å². The maximum atomic E-state index is 13.3. The van der Waals surface area contributed by atoms with Gasteiger partial charge in [0.25, 0.3) is 0 Å². The fourth-order valence-electron chi connectivity index (χ4n) is 2.06. The number of benzene rings is 2. The van der Waals surface area contributed by atoms with Crippen LogP contribution in [0.5, 0.6) is 5.75 Å². The molecule has 0 fully saturated rings. The Morgan fingerprint density at radius 1 is 1.21 bits per heavy atom. The Balaban J connectivity index is 2.42. The zero-order valence-electron chi connectivity index (χ0n) is 10.8. The van der Waals surface area contributed by atoms with Gasteiger partial charge in [0.05, 0.1) is 13.2 Å². The minimum atomic E-state index is -0.262. The molecule has 0 bridgehead atoms. The van der Waals surface area contributed by atoms with Crippen LogP contribution in [-0.4, -0.2) is 14.2 Å². The predicted octanol–water partition coefficient (Wildman–Crippen LogP) is 3.80. The van der Waals surface area contributed by atoms with Gasteiger partial charge < -0.3 is 10.1 Å². The second-order valence-corrected chi connectivity index (χ2v) is 4.57. The normalized spacial score (nSPS) is 12.2. The van der Waals surface area contributed by atoms with Crippen molar-refractivity contribution >= 4 is 11.6 Å². The summed E-state index contributed by atoms with van der Waals surface area (Å²) in [6.07, 6.45) is 0. The van der Waals surface area contributed by atoms with Crippen molar-refractivity contribution in [2.75, 3.05) is 14.2 Å². The Morgan fingerprint density at radius 2 is 2.00 bits per heavy atom. The predicted molar refractivity (Wildman–Crippen MR) is 75.3 cm³/mol. The number of rotatable bonds is 4. The van der Waals surface area contributed by atoms with Crippen LogP contribution >= 0.6 is 11.6 Å². The fraction of sp³-hybridized carbons (Fsp3) is 0.200. The zero-order chi connectivity index (χ0) is 13.8. The van der Waals surface area contributed by atoms with Crippen molar-refractivity contribution in [3.63, 3.8) is 0 Å². The van der Waals surface area contributed by atoms with Crippen LogP contribution in [0.15, 0.2) is 42.5 Å². The highest BCUT2D eigenvalue weighted by atomic mass is 35.5. The molecule has 2 nitrogen and oxygen atoms in total. The third-order valence-corrected chi connectivity index (χ3v) is 3.32. The van der Waals surface area contributed by atoms with Gasteiger partial charge in [-0.15, -0.1) is 0 Å². The molecule has 2 aromatic rings. The molecule has 100 valence electrons. The highest BCUT2D eigenvalue weighted by Gasteiger charge is 2.16. The third-order valence-electron chi connectivity index (χ3n) is 2.99. The second kappa shape index (κ2) is 6.04. The second-order valence-electron chi connectivity index (χ2n) is 4.16. The summed E-state index contributed by atoms with van der Waals surface area (Å²) in [4.78, 5) is 0. The summed E-state index contributed by atoms with van der Waals surface area (Å²) in [7, 11) is 3.41. The van der Waals surface area contributed by atoms with Crippen LogP contribution in [-0.2, 0) is 0 Å². The minimum absolute atomic E-state index is 0.158. The molecule has 0 saturated carbocycles. The molecule has 2 rings (SSSR count). The molecule has 0 saturated heterocycles. The number of ether oxygens (including phenoxy) is 1. The maximum Gasteiger partial charge on any atom is 0.123 e. The fourth-order valence-corrected chi connectivity index (χ4v) is 2.34. The van der Waals surface area contributed by atoms with Gasteiger partial charge in [-0.05, 0) is 42.4 Å². The van der Waals surface area contributed by atoms with Gasteiger partial charge in [-0.1, -0.05) is 29.8 Å². The molecule has 0 aromatic heterocycles. The van der Waals surface area contributed by atoms with E-state index in [0.29, 0.717) is 10.8 Å².